The van der Waals surface area contributed by atoms with Crippen LogP contribution in [0.5, 0.6) is 11.5 Å². The number of phenolic OH excluding ortho intramolecular Hbond substituents is 1. The number of carbonyl (C=O) groups excluding carboxylic acids is 2. The van der Waals surface area contributed by atoms with E-state index in [4.69, 9.17) is 40.8 Å². The number of quaternary nitrogens is 2. The molecule has 8 rings (SSSR count). The van der Waals surface area contributed by atoms with Gasteiger partial charge in [-0.2, -0.15) is 17.6 Å². The summed E-state index contributed by atoms with van der Waals surface area (Å²) in [6.45, 7) is 16.5. The first-order valence-electron chi connectivity index (χ1n) is 30.7. The number of aromatic nitrogens is 6. The molecule has 91 heavy (non-hydrogen) atoms. The number of nitrogens with two attached hydrogens (primary N) is 2. The van der Waals surface area contributed by atoms with Gasteiger partial charge in [0.05, 0.1) is 103 Å². The van der Waals surface area contributed by atoms with Crippen LogP contribution in [0.25, 0.3) is 43.9 Å². The quantitative estimate of drug-likeness (QED) is 0.00998. The van der Waals surface area contributed by atoms with Crippen molar-refractivity contribution in [3.8, 4) is 11.5 Å². The summed E-state index contributed by atoms with van der Waals surface area (Å²) < 4.78 is 130. The number of nitrogen functional groups attached to an aromatic ring is 2. The number of imidazole rings is 2. The Hall–Kier alpha value is -7.74. The van der Waals surface area contributed by atoms with E-state index in [1.54, 1.807) is 0 Å². The average Bonchev–Trinajstić information content (AvgIpc) is 1.65. The number of unbranched alkanes of at least 4 members (excludes halogenated alkanes) is 4. The molecule has 0 unspecified atom stereocenters. The van der Waals surface area contributed by atoms with Gasteiger partial charge in [-0.25, -0.2) is 37.5 Å². The monoisotopic (exact) mass is 1280 g/mol. The molecule has 0 saturated carbocycles. The number of esters is 2. The maximum absolute atomic E-state index is 13.7. The van der Waals surface area contributed by atoms with Crippen molar-refractivity contribution in [1.82, 2.24) is 29.1 Å². The highest BCUT2D eigenvalue weighted by atomic mass is 19.2. The van der Waals surface area contributed by atoms with Crippen LogP contribution in [0.15, 0.2) is 60.7 Å². The standard InChI is InChI=1S/C31H38F4N5O3.C29H46N5O3.C6H2F4O/c1-4-5-12-24-38-28-29(20-10-6-7-11-23(20)37-31(28)36)39(24)14-8-9-15-40(2,3)16-18-42-17-13-25(41)43-30-26(34)21(32)19-22(33)27(30)35;1-7-8-15-24-32-26-27(22-13-9-10-14-23(22)31-28(26)30)33(24)17-11-12-18-34(5,6)19-21-36-20-16-25(35)37-29(2,3)4;7-2-1-3(8)5(10)6(11)4(2)9/h6-7,10-11,19H,4-5,8-9,12-18H2,1-3H3,(H2,36,37);9-10,13-14H,7-8,11-12,15-21H2,1-6H3,(H2,30,31);1,11H/q2*+1;. The van der Waals surface area contributed by atoms with Crippen molar-refractivity contribution in [2.75, 3.05) is 92.3 Å². The second kappa shape index (κ2) is 33.0. The molecular formula is C66H86F8N10O7+2. The Balaban J connectivity index is 0.000000249. The molecule has 17 nitrogen and oxygen atoms in total. The van der Waals surface area contributed by atoms with Gasteiger partial charge in [-0.1, -0.05) is 63.1 Å². The minimum atomic E-state index is -1.79. The highest BCUT2D eigenvalue weighted by Crippen LogP contribution is 2.33. The number of pyridine rings is 2. The number of para-hydroxylation sites is 2. The van der Waals surface area contributed by atoms with Crippen molar-refractivity contribution < 1.29 is 77.7 Å². The third-order valence-corrected chi connectivity index (χ3v) is 15.1. The highest BCUT2D eigenvalue weighted by molar-refractivity contribution is 6.07. The maximum Gasteiger partial charge on any atom is 0.313 e. The topological polar surface area (TPSA) is 205 Å². The number of aromatic hydroxyl groups is 1. The number of ether oxygens (including phenoxy) is 4. The lowest BCUT2D eigenvalue weighted by Crippen LogP contribution is -2.43. The molecule has 0 spiro atoms. The second-order valence-corrected chi connectivity index (χ2v) is 24.6. The summed E-state index contributed by atoms with van der Waals surface area (Å²) in [4.78, 5) is 42.7. The Morgan fingerprint density at radius 1 is 0.538 bits per heavy atom. The van der Waals surface area contributed by atoms with Crippen molar-refractivity contribution in [2.24, 2.45) is 0 Å². The highest BCUT2D eigenvalue weighted by Gasteiger charge is 2.25. The van der Waals surface area contributed by atoms with Gasteiger partial charge in [0.25, 0.3) is 0 Å². The third kappa shape index (κ3) is 20.4. The van der Waals surface area contributed by atoms with E-state index in [-0.39, 0.29) is 31.1 Å². The number of benzene rings is 4. The summed E-state index contributed by atoms with van der Waals surface area (Å²) in [7, 11) is 8.63. The molecule has 0 bridgehead atoms. The van der Waals surface area contributed by atoms with Crippen molar-refractivity contribution in [3.63, 3.8) is 0 Å². The molecule has 4 aromatic carbocycles. The van der Waals surface area contributed by atoms with E-state index < -0.39 is 69.6 Å². The van der Waals surface area contributed by atoms with E-state index in [9.17, 15) is 44.7 Å². The fraction of sp³-hybridized carbons (Fsp3) is 0.485. The normalized spacial score (nSPS) is 12.0. The summed E-state index contributed by atoms with van der Waals surface area (Å²) in [5.41, 5.74) is 17.7. The van der Waals surface area contributed by atoms with Crippen LogP contribution in [0.2, 0.25) is 0 Å². The van der Waals surface area contributed by atoms with Gasteiger partial charge in [-0.05, 0) is 71.4 Å². The van der Waals surface area contributed by atoms with Gasteiger partial charge in [-0.15, -0.1) is 0 Å². The summed E-state index contributed by atoms with van der Waals surface area (Å²) in [5.74, 6) is -14.9. The Bertz CT molecular complexity index is 3710. The Morgan fingerprint density at radius 3 is 1.34 bits per heavy atom. The molecule has 0 radical (unpaired) electrons. The first-order chi connectivity index (χ1) is 43.1. The molecule has 496 valence electrons. The largest absolute Gasteiger partial charge is 0.503 e. The van der Waals surface area contributed by atoms with E-state index in [1.807, 2.05) is 51.1 Å². The number of carbonyl (C=O) groups is 2. The van der Waals surface area contributed by atoms with Gasteiger partial charge in [0.1, 0.15) is 41.4 Å². The predicted octanol–water partition coefficient (Wildman–Crippen LogP) is 13.0. The molecular weight excluding hydrogens is 1200 g/mol. The van der Waals surface area contributed by atoms with Crippen molar-refractivity contribution >= 4 is 67.4 Å². The van der Waals surface area contributed by atoms with Crippen LogP contribution < -0.4 is 16.2 Å². The lowest BCUT2D eigenvalue weighted by atomic mass is 10.1. The number of phenols is 1. The number of hydrogen-bond donors (Lipinski definition) is 3. The number of hydrogen-bond acceptors (Lipinski definition) is 13. The van der Waals surface area contributed by atoms with Crippen LogP contribution in [0.4, 0.5) is 46.8 Å². The van der Waals surface area contributed by atoms with Crippen molar-refractivity contribution in [3.05, 3.63) is 119 Å². The minimum absolute atomic E-state index is 0.0182. The molecule has 0 aliphatic rings. The van der Waals surface area contributed by atoms with E-state index >= 15 is 0 Å². The van der Waals surface area contributed by atoms with Gasteiger partial charge in [0.15, 0.2) is 40.7 Å². The molecule has 0 saturated heterocycles. The second-order valence-electron chi connectivity index (χ2n) is 24.6. The maximum atomic E-state index is 13.7. The Morgan fingerprint density at radius 2 is 0.934 bits per heavy atom. The van der Waals surface area contributed by atoms with Gasteiger partial charge >= 0.3 is 11.9 Å². The summed E-state index contributed by atoms with van der Waals surface area (Å²) in [5, 5.41) is 10.5. The van der Waals surface area contributed by atoms with Gasteiger partial charge in [0.2, 0.25) is 29.0 Å². The number of likely N-dealkylation sites (N-methyl/N-ethyl adjacent to an activating group) is 2. The first-order valence-corrected chi connectivity index (χ1v) is 30.7. The molecule has 25 heteroatoms. The first kappa shape index (κ1) is 72.3. The number of anilines is 2. The van der Waals surface area contributed by atoms with Gasteiger partial charge in [0, 0.05) is 48.8 Å². The lowest BCUT2D eigenvalue weighted by Gasteiger charge is -2.29. The van der Waals surface area contributed by atoms with Gasteiger partial charge in [-0.3, -0.25) is 9.59 Å². The Kier molecular flexibility index (Phi) is 26.2. The van der Waals surface area contributed by atoms with Crippen LogP contribution in [0.3, 0.4) is 0 Å². The fourth-order valence-corrected chi connectivity index (χ4v) is 10.1. The molecule has 0 fully saturated rings. The number of rotatable bonds is 29. The zero-order valence-electron chi connectivity index (χ0n) is 53.5. The van der Waals surface area contributed by atoms with Crippen molar-refractivity contribution in [1.29, 1.82) is 0 Å². The van der Waals surface area contributed by atoms with E-state index in [0.717, 1.165) is 157 Å². The molecule has 5 N–H and O–H groups in total. The van der Waals surface area contributed by atoms with Crippen LogP contribution in [0.1, 0.15) is 110 Å². The average molecular weight is 1280 g/mol. The molecule has 4 heterocycles. The number of fused-ring (bicyclic) bond motifs is 6. The minimum Gasteiger partial charge on any atom is -0.503 e. The van der Waals surface area contributed by atoms with Crippen LogP contribution in [-0.2, 0) is 49.7 Å². The summed E-state index contributed by atoms with van der Waals surface area (Å²) in [6.07, 6.45) is 10.1. The zero-order chi connectivity index (χ0) is 66.8. The molecule has 0 atom stereocenters. The van der Waals surface area contributed by atoms with E-state index in [1.165, 1.54) is 0 Å². The van der Waals surface area contributed by atoms with Crippen LogP contribution in [0, 0.1) is 46.5 Å². The molecule has 0 aliphatic heterocycles. The number of aryl methyl sites for hydroxylation is 4. The number of nitrogens with zero attached hydrogens (tertiary/aromatic N) is 8. The van der Waals surface area contributed by atoms with Crippen LogP contribution >= 0.6 is 0 Å². The molecule has 4 aromatic heterocycles. The smallest absolute Gasteiger partial charge is 0.313 e. The summed E-state index contributed by atoms with van der Waals surface area (Å²) in [6, 6.07) is 16.2. The lowest BCUT2D eigenvalue weighted by molar-refractivity contribution is -0.891. The molecule has 0 aliphatic carbocycles. The fourth-order valence-electron chi connectivity index (χ4n) is 10.1. The van der Waals surface area contributed by atoms with E-state index in [2.05, 4.69) is 84.1 Å². The van der Waals surface area contributed by atoms with E-state index in [0.29, 0.717) is 48.9 Å². The van der Waals surface area contributed by atoms with Gasteiger partial charge < -0.3 is 53.6 Å². The summed E-state index contributed by atoms with van der Waals surface area (Å²) >= 11 is 0. The predicted molar refractivity (Wildman–Crippen MR) is 335 cm³/mol. The number of halogens is 8. The molecule has 8 aromatic rings. The SMILES string of the molecule is CCCCc1nc2c(N)nc3ccccc3c2n1CCCC[N+](C)(C)CCOCCC(=O)OC(C)(C)C.CCCCc1nc2c(N)nc3ccccc3c2n1CCCC[N+](C)(C)CCOCCC(=O)Oc1c(F)c(F)cc(F)c1F.Oc1c(F)c(F)cc(F)c1F. The molecule has 0 amide bonds. The third-order valence-electron chi connectivity index (χ3n) is 15.1. The zero-order valence-corrected chi connectivity index (χ0v) is 53.5. The van der Waals surface area contributed by atoms with Crippen LogP contribution in [-0.4, -0.2) is 141 Å². The Labute approximate surface area is 525 Å². The van der Waals surface area contributed by atoms with Crippen molar-refractivity contribution in [2.45, 2.75) is 130 Å².